The molecule has 0 radical (unpaired) electrons. The van der Waals surface area contributed by atoms with Crippen molar-refractivity contribution in [2.24, 2.45) is 5.73 Å². The van der Waals surface area contributed by atoms with E-state index in [9.17, 15) is 0 Å². The van der Waals surface area contributed by atoms with Crippen LogP contribution in [0.2, 0.25) is 0 Å². The normalized spacial score (nSPS) is 10.6. The number of hydrogen-bond donors (Lipinski definition) is 2. The number of aryl methyl sites for hydroxylation is 2. The van der Waals surface area contributed by atoms with Crippen molar-refractivity contribution in [3.8, 4) is 22.6 Å². The first-order valence-electron chi connectivity index (χ1n) is 8.13. The maximum absolute atomic E-state index is 5.63. The Kier molecular flexibility index (Phi) is 4.87. The van der Waals surface area contributed by atoms with Crippen molar-refractivity contribution >= 4 is 5.69 Å². The molecule has 0 spiro atoms. The predicted molar refractivity (Wildman–Crippen MR) is 99.9 cm³/mol. The van der Waals surface area contributed by atoms with Crippen molar-refractivity contribution in [3.05, 3.63) is 65.9 Å². The lowest BCUT2D eigenvalue weighted by Gasteiger charge is -2.14. The summed E-state index contributed by atoms with van der Waals surface area (Å²) in [6.45, 7) is 5.42. The monoisotopic (exact) mass is 318 g/mol. The highest BCUT2D eigenvalue weighted by molar-refractivity contribution is 5.78. The van der Waals surface area contributed by atoms with Gasteiger partial charge in [-0.05, 0) is 25.0 Å². The van der Waals surface area contributed by atoms with Crippen molar-refractivity contribution < 1.29 is 0 Å². The van der Waals surface area contributed by atoms with E-state index in [0.717, 1.165) is 33.9 Å². The zero-order chi connectivity index (χ0) is 16.9. The van der Waals surface area contributed by atoms with Gasteiger partial charge in [0.25, 0.3) is 0 Å². The SMILES string of the molecule is Cc1ccccc1-c1ncc(NCCN)c(-c2ccccc2C)n1. The highest BCUT2D eigenvalue weighted by Gasteiger charge is 2.13. The molecule has 0 aliphatic heterocycles. The molecule has 1 aromatic heterocycles. The maximum atomic E-state index is 5.63. The van der Waals surface area contributed by atoms with Crippen LogP contribution in [0.15, 0.2) is 54.7 Å². The number of nitrogens with zero attached hydrogens (tertiary/aromatic N) is 2. The van der Waals surface area contributed by atoms with Crippen LogP contribution in [0.25, 0.3) is 22.6 Å². The molecule has 2 aromatic carbocycles. The minimum Gasteiger partial charge on any atom is -0.381 e. The van der Waals surface area contributed by atoms with Gasteiger partial charge in [-0.25, -0.2) is 9.97 Å². The Morgan fingerprint density at radius 1 is 0.917 bits per heavy atom. The van der Waals surface area contributed by atoms with E-state index >= 15 is 0 Å². The smallest absolute Gasteiger partial charge is 0.160 e. The minimum absolute atomic E-state index is 0.562. The number of nitrogens with two attached hydrogens (primary N) is 1. The first-order valence-corrected chi connectivity index (χ1v) is 8.13. The Morgan fingerprint density at radius 2 is 1.54 bits per heavy atom. The van der Waals surface area contributed by atoms with Crippen LogP contribution < -0.4 is 11.1 Å². The third-order valence-corrected chi connectivity index (χ3v) is 4.03. The summed E-state index contributed by atoms with van der Waals surface area (Å²) in [7, 11) is 0. The van der Waals surface area contributed by atoms with Crippen molar-refractivity contribution in [2.45, 2.75) is 13.8 Å². The number of hydrogen-bond acceptors (Lipinski definition) is 4. The van der Waals surface area contributed by atoms with E-state index < -0.39 is 0 Å². The minimum atomic E-state index is 0.562. The molecule has 0 fully saturated rings. The van der Waals surface area contributed by atoms with Gasteiger partial charge in [0.2, 0.25) is 0 Å². The summed E-state index contributed by atoms with van der Waals surface area (Å²) in [5.74, 6) is 0.740. The van der Waals surface area contributed by atoms with Gasteiger partial charge in [-0.3, -0.25) is 0 Å². The molecular formula is C20H22N4. The molecule has 0 unspecified atom stereocenters. The first-order chi connectivity index (χ1) is 11.7. The van der Waals surface area contributed by atoms with Gasteiger partial charge in [-0.2, -0.15) is 0 Å². The molecule has 3 aromatic rings. The summed E-state index contributed by atoms with van der Waals surface area (Å²) in [6, 6.07) is 16.4. The quantitative estimate of drug-likeness (QED) is 0.751. The topological polar surface area (TPSA) is 63.8 Å². The van der Waals surface area contributed by atoms with Crippen LogP contribution in [0, 0.1) is 13.8 Å². The van der Waals surface area contributed by atoms with Crippen LogP contribution in [-0.4, -0.2) is 23.1 Å². The van der Waals surface area contributed by atoms with E-state index in [1.165, 1.54) is 5.56 Å². The van der Waals surface area contributed by atoms with E-state index in [1.807, 2.05) is 30.5 Å². The third kappa shape index (κ3) is 3.29. The maximum Gasteiger partial charge on any atom is 0.160 e. The molecule has 0 amide bonds. The molecule has 4 heteroatoms. The Morgan fingerprint density at radius 3 is 2.17 bits per heavy atom. The number of benzene rings is 2. The molecule has 3 rings (SSSR count). The molecule has 4 nitrogen and oxygen atoms in total. The molecule has 0 bridgehead atoms. The summed E-state index contributed by atoms with van der Waals surface area (Å²) in [5, 5.41) is 3.33. The van der Waals surface area contributed by atoms with Crippen LogP contribution in [0.1, 0.15) is 11.1 Å². The molecule has 0 atom stereocenters. The Labute approximate surface area is 142 Å². The largest absolute Gasteiger partial charge is 0.381 e. The van der Waals surface area contributed by atoms with Gasteiger partial charge in [0.1, 0.15) is 0 Å². The van der Waals surface area contributed by atoms with Gasteiger partial charge in [0.15, 0.2) is 5.82 Å². The van der Waals surface area contributed by atoms with Crippen LogP contribution in [-0.2, 0) is 0 Å². The Balaban J connectivity index is 2.14. The van der Waals surface area contributed by atoms with Gasteiger partial charge in [-0.15, -0.1) is 0 Å². The van der Waals surface area contributed by atoms with Crippen molar-refractivity contribution in [2.75, 3.05) is 18.4 Å². The van der Waals surface area contributed by atoms with E-state index in [-0.39, 0.29) is 0 Å². The molecule has 3 N–H and O–H groups in total. The van der Waals surface area contributed by atoms with Crippen LogP contribution >= 0.6 is 0 Å². The molecule has 0 saturated heterocycles. The predicted octanol–water partition coefficient (Wildman–Crippen LogP) is 3.80. The zero-order valence-electron chi connectivity index (χ0n) is 14.1. The van der Waals surface area contributed by atoms with Crippen molar-refractivity contribution in [3.63, 3.8) is 0 Å². The highest BCUT2D eigenvalue weighted by Crippen LogP contribution is 2.30. The van der Waals surface area contributed by atoms with Crippen molar-refractivity contribution in [1.29, 1.82) is 0 Å². The standard InChI is InChI=1S/C20H22N4/c1-14-7-3-5-9-16(14)19-18(22-12-11-21)13-23-20(24-19)17-10-6-4-8-15(17)2/h3-10,13,22H,11-12,21H2,1-2H3. The van der Waals surface area contributed by atoms with E-state index in [4.69, 9.17) is 10.7 Å². The lowest BCUT2D eigenvalue weighted by atomic mass is 10.0. The van der Waals surface area contributed by atoms with Gasteiger partial charge < -0.3 is 11.1 Å². The molecular weight excluding hydrogens is 296 g/mol. The molecule has 1 heterocycles. The molecule has 122 valence electrons. The fraction of sp³-hybridized carbons (Fsp3) is 0.200. The van der Waals surface area contributed by atoms with Gasteiger partial charge >= 0.3 is 0 Å². The second-order valence-electron chi connectivity index (χ2n) is 5.80. The van der Waals surface area contributed by atoms with Gasteiger partial charge in [0.05, 0.1) is 17.6 Å². The Bertz CT molecular complexity index is 843. The second kappa shape index (κ2) is 7.23. The summed E-state index contributed by atoms with van der Waals surface area (Å²) < 4.78 is 0. The average molecular weight is 318 g/mol. The van der Waals surface area contributed by atoms with Crippen LogP contribution in [0.5, 0.6) is 0 Å². The third-order valence-electron chi connectivity index (χ3n) is 4.03. The van der Waals surface area contributed by atoms with Crippen molar-refractivity contribution in [1.82, 2.24) is 9.97 Å². The van der Waals surface area contributed by atoms with Crippen LogP contribution in [0.4, 0.5) is 5.69 Å². The molecule has 24 heavy (non-hydrogen) atoms. The lowest BCUT2D eigenvalue weighted by molar-refractivity contribution is 1.02. The van der Waals surface area contributed by atoms with Crippen LogP contribution in [0.3, 0.4) is 0 Å². The Hall–Kier alpha value is -2.72. The zero-order valence-corrected chi connectivity index (χ0v) is 14.1. The lowest BCUT2D eigenvalue weighted by Crippen LogP contribution is -2.14. The molecule has 0 saturated carbocycles. The van der Waals surface area contributed by atoms with Gasteiger partial charge in [-0.1, -0.05) is 48.5 Å². The summed E-state index contributed by atoms with van der Waals surface area (Å²) in [6.07, 6.45) is 1.85. The molecule has 0 aliphatic rings. The number of aromatic nitrogens is 2. The van der Waals surface area contributed by atoms with E-state index in [1.54, 1.807) is 0 Å². The fourth-order valence-corrected chi connectivity index (χ4v) is 2.72. The summed E-state index contributed by atoms with van der Waals surface area (Å²) in [5.41, 5.74) is 12.0. The second-order valence-corrected chi connectivity index (χ2v) is 5.80. The van der Waals surface area contributed by atoms with E-state index in [0.29, 0.717) is 13.1 Å². The summed E-state index contributed by atoms with van der Waals surface area (Å²) in [4.78, 5) is 9.44. The van der Waals surface area contributed by atoms with E-state index in [2.05, 4.69) is 48.4 Å². The average Bonchev–Trinajstić information content (AvgIpc) is 2.61. The molecule has 0 aliphatic carbocycles. The summed E-state index contributed by atoms with van der Waals surface area (Å²) >= 11 is 0. The number of anilines is 1. The highest BCUT2D eigenvalue weighted by atomic mass is 15.0. The van der Waals surface area contributed by atoms with Gasteiger partial charge in [0, 0.05) is 24.2 Å². The fourth-order valence-electron chi connectivity index (χ4n) is 2.72. The number of nitrogens with one attached hydrogen (secondary N) is 1. The first kappa shape index (κ1) is 16.1. The number of rotatable bonds is 5.